The molecule has 26 heavy (non-hydrogen) atoms. The van der Waals surface area contributed by atoms with Gasteiger partial charge in [-0.3, -0.25) is 0 Å². The molecule has 5 nitrogen and oxygen atoms in total. The number of carbonyl (C=O) groups is 1. The summed E-state index contributed by atoms with van der Waals surface area (Å²) in [6.45, 7) is 8.94. The largest absolute Gasteiger partial charge is 0.495 e. The minimum absolute atomic E-state index is 0.147. The van der Waals surface area contributed by atoms with Gasteiger partial charge in [0.15, 0.2) is 0 Å². The zero-order valence-electron chi connectivity index (χ0n) is 15.5. The number of rotatable bonds is 4. The van der Waals surface area contributed by atoms with Gasteiger partial charge in [0.05, 0.1) is 16.8 Å². The molecule has 0 aromatic heterocycles. The molecule has 0 radical (unpaired) electrons. The Bertz CT molecular complexity index is 675. The van der Waals surface area contributed by atoms with Crippen molar-refractivity contribution in [1.29, 1.82) is 0 Å². The Morgan fingerprint density at radius 3 is 2.15 bits per heavy atom. The lowest BCUT2D eigenvalue weighted by molar-refractivity contribution is -0.137. The third-order valence-electron chi connectivity index (χ3n) is 4.99. The first kappa shape index (κ1) is 20.6. The molecular weight excluding hydrogens is 350 g/mol. The van der Waals surface area contributed by atoms with Crippen LogP contribution in [0.2, 0.25) is 0 Å². The van der Waals surface area contributed by atoms with Crippen LogP contribution in [-0.4, -0.2) is 41.0 Å². The van der Waals surface area contributed by atoms with Crippen molar-refractivity contribution in [3.05, 3.63) is 29.3 Å². The fourth-order valence-electron chi connectivity index (χ4n) is 2.64. The second kappa shape index (κ2) is 6.77. The molecule has 0 saturated carbocycles. The van der Waals surface area contributed by atoms with Crippen LogP contribution in [0.4, 0.5) is 18.0 Å². The third-order valence-corrected chi connectivity index (χ3v) is 4.99. The van der Waals surface area contributed by atoms with E-state index in [1.807, 2.05) is 27.7 Å². The number of nitrogens with zero attached hydrogens (tertiary/aromatic N) is 1. The van der Waals surface area contributed by atoms with E-state index in [2.05, 4.69) is 0 Å². The van der Waals surface area contributed by atoms with Crippen molar-refractivity contribution in [2.75, 3.05) is 6.54 Å². The van der Waals surface area contributed by atoms with Crippen molar-refractivity contribution in [1.82, 2.24) is 4.90 Å². The van der Waals surface area contributed by atoms with Gasteiger partial charge in [-0.15, -0.1) is 0 Å². The first-order valence-electron chi connectivity index (χ1n) is 8.32. The lowest BCUT2D eigenvalue weighted by atomic mass is 9.75. The van der Waals surface area contributed by atoms with E-state index >= 15 is 0 Å². The highest BCUT2D eigenvalue weighted by atomic mass is 19.4. The van der Waals surface area contributed by atoms with Crippen molar-refractivity contribution < 1.29 is 32.4 Å². The van der Waals surface area contributed by atoms with E-state index in [-0.39, 0.29) is 18.7 Å². The average Bonchev–Trinajstić information content (AvgIpc) is 2.71. The van der Waals surface area contributed by atoms with Crippen molar-refractivity contribution in [3.8, 4) is 0 Å². The highest BCUT2D eigenvalue weighted by molar-refractivity contribution is 6.62. The molecule has 1 N–H and O–H groups in total. The lowest BCUT2D eigenvalue weighted by Crippen LogP contribution is -2.41. The molecule has 1 aromatic rings. The zero-order chi connectivity index (χ0) is 19.9. The van der Waals surface area contributed by atoms with Crippen LogP contribution >= 0.6 is 0 Å². The minimum Gasteiger partial charge on any atom is -0.465 e. The van der Waals surface area contributed by atoms with E-state index in [0.717, 1.165) is 17.0 Å². The number of benzene rings is 1. The molecule has 1 aliphatic rings. The van der Waals surface area contributed by atoms with E-state index in [9.17, 15) is 23.1 Å². The number of halogens is 3. The Balaban J connectivity index is 2.47. The summed E-state index contributed by atoms with van der Waals surface area (Å²) in [4.78, 5) is 12.3. The molecule has 1 saturated heterocycles. The fraction of sp³-hybridized carbons (Fsp3) is 0.588. The summed E-state index contributed by atoms with van der Waals surface area (Å²) >= 11 is 0. The van der Waals surface area contributed by atoms with E-state index < -0.39 is 36.2 Å². The molecule has 0 aliphatic carbocycles. The van der Waals surface area contributed by atoms with Crippen LogP contribution in [0.25, 0.3) is 0 Å². The van der Waals surface area contributed by atoms with Crippen LogP contribution in [0.3, 0.4) is 0 Å². The zero-order valence-corrected chi connectivity index (χ0v) is 15.5. The molecule has 2 rings (SSSR count). The predicted molar refractivity (Wildman–Crippen MR) is 91.3 cm³/mol. The van der Waals surface area contributed by atoms with Gasteiger partial charge in [-0.05, 0) is 51.7 Å². The van der Waals surface area contributed by atoms with Crippen LogP contribution in [0.1, 0.15) is 45.7 Å². The van der Waals surface area contributed by atoms with E-state index in [1.165, 1.54) is 6.07 Å². The topological polar surface area (TPSA) is 59.0 Å². The number of alkyl halides is 3. The molecule has 0 bridgehead atoms. The quantitative estimate of drug-likeness (QED) is 0.821. The maximum atomic E-state index is 13.1. The number of hydrogen-bond donors (Lipinski definition) is 1. The summed E-state index contributed by atoms with van der Waals surface area (Å²) in [5.74, 6) is 0. The summed E-state index contributed by atoms with van der Waals surface area (Å²) in [5, 5.41) is 9.23. The number of carboxylic acid groups (broad SMARTS) is 1. The van der Waals surface area contributed by atoms with Gasteiger partial charge < -0.3 is 19.3 Å². The van der Waals surface area contributed by atoms with Crippen molar-refractivity contribution in [2.24, 2.45) is 0 Å². The molecule has 144 valence electrons. The van der Waals surface area contributed by atoms with Crippen LogP contribution in [0.5, 0.6) is 0 Å². The van der Waals surface area contributed by atoms with E-state index in [0.29, 0.717) is 5.46 Å². The van der Waals surface area contributed by atoms with Gasteiger partial charge in [-0.2, -0.15) is 13.2 Å². The first-order valence-corrected chi connectivity index (χ1v) is 8.32. The van der Waals surface area contributed by atoms with Gasteiger partial charge in [-0.25, -0.2) is 4.79 Å². The van der Waals surface area contributed by atoms with Crippen molar-refractivity contribution >= 4 is 18.7 Å². The van der Waals surface area contributed by atoms with Gasteiger partial charge in [0, 0.05) is 13.1 Å². The SMILES string of the molecule is CCN(Cc1cc(C(F)(F)F)ccc1B1OC(C)(C)C(C)(C)O1)C(=O)O. The molecule has 0 spiro atoms. The van der Waals surface area contributed by atoms with E-state index in [1.54, 1.807) is 6.92 Å². The molecule has 9 heteroatoms. The molecule has 1 aromatic carbocycles. The summed E-state index contributed by atoms with van der Waals surface area (Å²) in [6.07, 6.45) is -5.73. The summed E-state index contributed by atoms with van der Waals surface area (Å²) in [7, 11) is -0.871. The predicted octanol–water partition coefficient (Wildman–Crippen LogP) is 3.50. The fourth-order valence-corrected chi connectivity index (χ4v) is 2.64. The molecule has 1 heterocycles. The highest BCUT2D eigenvalue weighted by Crippen LogP contribution is 2.37. The number of hydrogen-bond acceptors (Lipinski definition) is 3. The molecule has 1 amide bonds. The van der Waals surface area contributed by atoms with Crippen LogP contribution in [0.15, 0.2) is 18.2 Å². The second-order valence-electron chi connectivity index (χ2n) is 7.30. The van der Waals surface area contributed by atoms with Gasteiger partial charge >= 0.3 is 19.4 Å². The Hall–Kier alpha value is -1.74. The summed E-state index contributed by atoms with van der Waals surface area (Å²) < 4.78 is 51.2. The Morgan fingerprint density at radius 1 is 1.19 bits per heavy atom. The first-order chi connectivity index (χ1) is 11.8. The van der Waals surface area contributed by atoms with Gasteiger partial charge in [0.1, 0.15) is 0 Å². The Morgan fingerprint density at radius 2 is 1.73 bits per heavy atom. The second-order valence-corrected chi connectivity index (χ2v) is 7.30. The van der Waals surface area contributed by atoms with Crippen LogP contribution in [-0.2, 0) is 22.0 Å². The smallest absolute Gasteiger partial charge is 0.465 e. The highest BCUT2D eigenvalue weighted by Gasteiger charge is 2.52. The molecule has 1 aliphatic heterocycles. The standard InChI is InChI=1S/C17H23BF3NO4/c1-6-22(14(23)24)10-11-9-12(17(19,20)21)7-8-13(11)18-25-15(2,3)16(4,5)26-18/h7-9H,6,10H2,1-5H3,(H,23,24). The molecule has 0 unspecified atom stereocenters. The van der Waals surface area contributed by atoms with Gasteiger partial charge in [0.25, 0.3) is 0 Å². The van der Waals surface area contributed by atoms with Gasteiger partial charge in [-0.1, -0.05) is 12.1 Å². The minimum atomic E-state index is -4.52. The van der Waals surface area contributed by atoms with Crippen LogP contribution < -0.4 is 5.46 Å². The molecule has 0 atom stereocenters. The molecular formula is C17H23BF3NO4. The molecule has 1 fully saturated rings. The summed E-state index contributed by atoms with van der Waals surface area (Å²) in [6, 6.07) is 3.23. The van der Waals surface area contributed by atoms with Crippen LogP contribution in [0, 0.1) is 0 Å². The maximum Gasteiger partial charge on any atom is 0.495 e. The van der Waals surface area contributed by atoms with E-state index in [4.69, 9.17) is 9.31 Å². The number of amides is 1. The average molecular weight is 373 g/mol. The maximum absolute atomic E-state index is 13.1. The normalized spacial score (nSPS) is 18.8. The lowest BCUT2D eigenvalue weighted by Gasteiger charge is -2.32. The summed E-state index contributed by atoms with van der Waals surface area (Å²) in [5.41, 5.74) is -1.54. The third kappa shape index (κ3) is 3.98. The Labute approximate surface area is 151 Å². The Kier molecular flexibility index (Phi) is 5.36. The van der Waals surface area contributed by atoms with Crippen molar-refractivity contribution in [3.63, 3.8) is 0 Å². The monoisotopic (exact) mass is 373 g/mol. The van der Waals surface area contributed by atoms with Gasteiger partial charge in [0.2, 0.25) is 0 Å². The van der Waals surface area contributed by atoms with Crippen molar-refractivity contribution in [2.45, 2.75) is 58.5 Å².